The second-order valence-corrected chi connectivity index (χ2v) is 13.5. The van der Waals surface area contributed by atoms with Gasteiger partial charge in [0, 0.05) is 24.5 Å². The molecule has 0 aromatic carbocycles. The summed E-state index contributed by atoms with van der Waals surface area (Å²) in [6.45, 7) is 19.3. The largest absolute Gasteiger partial charge is 0.351 e. The third kappa shape index (κ3) is 6.30. The number of hydrazine groups is 1. The number of hydrogen-bond donors (Lipinski definition) is 4. The molecule has 0 spiro atoms. The molecule has 0 aromatic rings. The van der Waals surface area contributed by atoms with Gasteiger partial charge in [0.05, 0.1) is 6.54 Å². The quantitative estimate of drug-likeness (QED) is 0.302. The fraction of sp³-hybridized carbons (Fsp3) is 0.741. The number of nitrogens with one attached hydrogen (secondary N) is 4. The van der Waals surface area contributed by atoms with Crippen molar-refractivity contribution in [1.82, 2.24) is 31.3 Å². The molecule has 1 saturated carbocycles. The summed E-state index contributed by atoms with van der Waals surface area (Å²) in [5.74, 6) is -1.36. The van der Waals surface area contributed by atoms with Crippen molar-refractivity contribution in [2.75, 3.05) is 13.1 Å². The van der Waals surface area contributed by atoms with Crippen molar-refractivity contribution in [3.8, 4) is 0 Å². The maximum absolute atomic E-state index is 13.9. The van der Waals surface area contributed by atoms with E-state index in [0.717, 1.165) is 11.1 Å². The number of carbonyl (C=O) groups excluding carboxylic acids is 5. The van der Waals surface area contributed by atoms with Gasteiger partial charge in [-0.05, 0) is 55.9 Å². The molecule has 4 N–H and O–H groups in total. The minimum atomic E-state index is -0.875. The van der Waals surface area contributed by atoms with E-state index in [1.807, 2.05) is 41.5 Å². The third-order valence-corrected chi connectivity index (χ3v) is 7.81. The third-order valence-electron chi connectivity index (χ3n) is 7.81. The maximum atomic E-state index is 13.9. The van der Waals surface area contributed by atoms with Crippen LogP contribution in [0.25, 0.3) is 0 Å². The van der Waals surface area contributed by atoms with Gasteiger partial charge in [0.25, 0.3) is 11.8 Å². The molecule has 3 rings (SSSR count). The van der Waals surface area contributed by atoms with Crippen LogP contribution in [0.3, 0.4) is 0 Å². The van der Waals surface area contributed by atoms with Gasteiger partial charge < -0.3 is 20.9 Å². The van der Waals surface area contributed by atoms with Gasteiger partial charge in [0.15, 0.2) is 0 Å². The fourth-order valence-electron chi connectivity index (χ4n) is 5.67. The summed E-state index contributed by atoms with van der Waals surface area (Å²) in [6, 6.07) is -2.43. The van der Waals surface area contributed by atoms with Crippen molar-refractivity contribution >= 4 is 29.7 Å². The smallest absolute Gasteiger partial charge is 0.315 e. The van der Waals surface area contributed by atoms with Gasteiger partial charge in [0.2, 0.25) is 11.8 Å². The molecule has 6 amide bonds. The zero-order valence-corrected chi connectivity index (χ0v) is 23.9. The molecular weight excluding hydrogens is 488 g/mol. The Morgan fingerprint density at radius 2 is 1.82 bits per heavy atom. The van der Waals surface area contributed by atoms with Crippen LogP contribution in [0.5, 0.6) is 0 Å². The van der Waals surface area contributed by atoms with Gasteiger partial charge in [0.1, 0.15) is 12.1 Å². The molecule has 38 heavy (non-hydrogen) atoms. The first-order chi connectivity index (χ1) is 17.4. The van der Waals surface area contributed by atoms with Crippen LogP contribution in [0.4, 0.5) is 4.79 Å². The molecule has 212 valence electrons. The normalized spacial score (nSPS) is 26.5. The molecule has 11 nitrogen and oxygen atoms in total. The number of hydrogen-bond acceptors (Lipinski definition) is 5. The Morgan fingerprint density at radius 3 is 2.32 bits per heavy atom. The van der Waals surface area contributed by atoms with Crippen molar-refractivity contribution in [2.45, 2.75) is 91.9 Å². The van der Waals surface area contributed by atoms with Crippen molar-refractivity contribution in [1.29, 1.82) is 0 Å². The molecule has 2 aliphatic heterocycles. The molecule has 5 atom stereocenters. The van der Waals surface area contributed by atoms with E-state index in [1.54, 1.807) is 4.90 Å². The average Bonchev–Trinajstić information content (AvgIpc) is 3.14. The van der Waals surface area contributed by atoms with Gasteiger partial charge in [-0.15, -0.1) is 0 Å². The Kier molecular flexibility index (Phi) is 7.92. The lowest BCUT2D eigenvalue weighted by atomic mass is 9.85. The lowest BCUT2D eigenvalue weighted by Gasteiger charge is -2.38. The van der Waals surface area contributed by atoms with E-state index in [0.29, 0.717) is 19.4 Å². The van der Waals surface area contributed by atoms with E-state index in [-0.39, 0.29) is 41.7 Å². The fourth-order valence-corrected chi connectivity index (χ4v) is 5.67. The number of carbonyl (C=O) groups is 5. The maximum Gasteiger partial charge on any atom is 0.315 e. The molecule has 3 fully saturated rings. The van der Waals surface area contributed by atoms with E-state index in [4.69, 9.17) is 0 Å². The molecule has 0 aromatic heterocycles. The second-order valence-electron chi connectivity index (χ2n) is 13.5. The molecule has 11 heteroatoms. The summed E-state index contributed by atoms with van der Waals surface area (Å²) in [5.41, 5.74) is 1.46. The van der Waals surface area contributed by atoms with Crippen LogP contribution in [0, 0.1) is 22.7 Å². The van der Waals surface area contributed by atoms with Crippen molar-refractivity contribution in [3.05, 3.63) is 12.7 Å². The van der Waals surface area contributed by atoms with Crippen molar-refractivity contribution < 1.29 is 24.0 Å². The number of rotatable bonds is 6. The van der Waals surface area contributed by atoms with E-state index < -0.39 is 40.9 Å². The number of urea groups is 1. The van der Waals surface area contributed by atoms with E-state index in [9.17, 15) is 24.0 Å². The van der Waals surface area contributed by atoms with Crippen LogP contribution < -0.4 is 21.4 Å². The van der Waals surface area contributed by atoms with Gasteiger partial charge >= 0.3 is 6.03 Å². The predicted molar refractivity (Wildman–Crippen MR) is 142 cm³/mol. The molecule has 3 aliphatic rings. The lowest BCUT2D eigenvalue weighted by molar-refractivity contribution is -0.148. The SMILES string of the molecule is C=CC(=O)N(C[C@@H]1CCC(=O)N1)NC(=O)[C@@H]1[C@@H]2[C@H](CN1C(=O)[C@@H](NC(=O)NC(C)(C)C)C(C)(C)C)C2(C)C. The van der Waals surface area contributed by atoms with Crippen molar-refractivity contribution in [3.63, 3.8) is 0 Å². The van der Waals surface area contributed by atoms with Crippen LogP contribution in [-0.4, -0.2) is 76.3 Å². The highest BCUT2D eigenvalue weighted by atomic mass is 16.2. The molecule has 0 radical (unpaired) electrons. The van der Waals surface area contributed by atoms with Gasteiger partial charge in [-0.3, -0.25) is 24.6 Å². The Morgan fingerprint density at radius 1 is 1.18 bits per heavy atom. The molecule has 2 heterocycles. The molecule has 2 saturated heterocycles. The average molecular weight is 533 g/mol. The monoisotopic (exact) mass is 532 g/mol. The highest BCUT2D eigenvalue weighted by Crippen LogP contribution is 2.65. The molecular formula is C27H44N6O5. The summed E-state index contributed by atoms with van der Waals surface area (Å²) in [7, 11) is 0. The minimum absolute atomic E-state index is 0.0812. The first kappa shape index (κ1) is 29.4. The Bertz CT molecular complexity index is 1010. The van der Waals surface area contributed by atoms with Crippen LogP contribution in [0.2, 0.25) is 0 Å². The molecule has 0 bridgehead atoms. The summed E-state index contributed by atoms with van der Waals surface area (Å²) >= 11 is 0. The zero-order valence-electron chi connectivity index (χ0n) is 23.9. The van der Waals surface area contributed by atoms with Crippen LogP contribution in [-0.2, 0) is 19.2 Å². The molecule has 1 aliphatic carbocycles. The number of nitrogens with zero attached hydrogens (tertiary/aromatic N) is 2. The van der Waals surface area contributed by atoms with E-state index in [2.05, 4.69) is 41.8 Å². The van der Waals surface area contributed by atoms with E-state index in [1.165, 1.54) is 0 Å². The first-order valence-corrected chi connectivity index (χ1v) is 13.3. The summed E-state index contributed by atoms with van der Waals surface area (Å²) < 4.78 is 0. The number of likely N-dealkylation sites (tertiary alicyclic amines) is 1. The standard InChI is InChI=1S/C27H44N6O5/c1-10-18(35)33(13-15-11-12-17(34)28-15)31-22(36)20-19-16(27(19,8)9)14-32(20)23(37)21(25(2,3)4)29-24(38)30-26(5,6)7/h10,15-16,19-21H,1,11-14H2,2-9H3,(H,28,34)(H,31,36)(H2,29,30,38)/t15-,16-,19-,20-,21+/m0/s1. The lowest BCUT2D eigenvalue weighted by Crippen LogP contribution is -2.62. The minimum Gasteiger partial charge on any atom is -0.351 e. The van der Waals surface area contributed by atoms with Gasteiger partial charge in [-0.2, -0.15) is 0 Å². The Hall–Kier alpha value is -3.11. The number of amides is 6. The Labute approximate surface area is 225 Å². The number of piperidine rings is 1. The summed E-state index contributed by atoms with van der Waals surface area (Å²) in [5, 5.41) is 9.62. The van der Waals surface area contributed by atoms with Crippen LogP contribution in [0.15, 0.2) is 12.7 Å². The first-order valence-electron chi connectivity index (χ1n) is 13.3. The van der Waals surface area contributed by atoms with E-state index >= 15 is 0 Å². The highest BCUT2D eigenvalue weighted by molar-refractivity contribution is 5.95. The van der Waals surface area contributed by atoms with Crippen LogP contribution >= 0.6 is 0 Å². The van der Waals surface area contributed by atoms with Gasteiger partial charge in [-0.25, -0.2) is 9.80 Å². The van der Waals surface area contributed by atoms with Gasteiger partial charge in [-0.1, -0.05) is 41.2 Å². The zero-order chi connectivity index (χ0) is 28.8. The van der Waals surface area contributed by atoms with Crippen LogP contribution in [0.1, 0.15) is 68.2 Å². The number of fused-ring (bicyclic) bond motifs is 1. The summed E-state index contributed by atoms with van der Waals surface area (Å²) in [4.78, 5) is 66.1. The summed E-state index contributed by atoms with van der Waals surface area (Å²) in [6.07, 6.45) is 2.02. The predicted octanol–water partition coefficient (Wildman–Crippen LogP) is 1.31. The second kappa shape index (κ2) is 10.2. The topological polar surface area (TPSA) is 140 Å². The van der Waals surface area contributed by atoms with Crippen molar-refractivity contribution in [2.24, 2.45) is 22.7 Å². The Balaban J connectivity index is 1.82. The molecule has 0 unspecified atom stereocenters. The highest BCUT2D eigenvalue weighted by Gasteiger charge is 2.70.